The summed E-state index contributed by atoms with van der Waals surface area (Å²) in [7, 11) is 1.99. The molecule has 1 amide bonds. The summed E-state index contributed by atoms with van der Waals surface area (Å²) in [6.45, 7) is 7.59. The van der Waals surface area contributed by atoms with Crippen molar-refractivity contribution in [1.29, 1.82) is 0 Å². The maximum absolute atomic E-state index is 12.5. The van der Waals surface area contributed by atoms with Gasteiger partial charge in [0.05, 0.1) is 6.54 Å². The number of aryl methyl sites for hydroxylation is 1. The number of piperazine rings is 1. The van der Waals surface area contributed by atoms with Crippen LogP contribution in [0.1, 0.15) is 41.0 Å². The summed E-state index contributed by atoms with van der Waals surface area (Å²) in [6.07, 6.45) is 3.31. The van der Waals surface area contributed by atoms with Gasteiger partial charge in [-0.15, -0.1) is 0 Å². The van der Waals surface area contributed by atoms with Crippen LogP contribution in [0.25, 0.3) is 0 Å². The van der Waals surface area contributed by atoms with Crippen LogP contribution in [-0.2, 0) is 11.8 Å². The Bertz CT molecular complexity index is 608. The highest BCUT2D eigenvalue weighted by atomic mass is 16.2. The molecule has 0 aromatic carbocycles. The largest absolute Gasteiger partial charge is 0.351 e. The Hall–Kier alpha value is -1.62. The third-order valence-corrected chi connectivity index (χ3v) is 5.58. The minimum Gasteiger partial charge on any atom is -0.351 e. The van der Waals surface area contributed by atoms with Gasteiger partial charge < -0.3 is 9.47 Å². The lowest BCUT2D eigenvalue weighted by Gasteiger charge is -2.38. The predicted molar refractivity (Wildman–Crippen MR) is 89.6 cm³/mol. The number of rotatable bonds is 4. The van der Waals surface area contributed by atoms with Crippen LogP contribution in [0.3, 0.4) is 0 Å². The maximum Gasteiger partial charge on any atom is 0.225 e. The monoisotopic (exact) mass is 317 g/mol. The van der Waals surface area contributed by atoms with E-state index in [-0.39, 0.29) is 11.7 Å². The van der Waals surface area contributed by atoms with E-state index in [2.05, 4.69) is 9.47 Å². The third kappa shape index (κ3) is 3.20. The highest BCUT2D eigenvalue weighted by Gasteiger charge is 2.31. The quantitative estimate of drug-likeness (QED) is 0.795. The van der Waals surface area contributed by atoms with Crippen LogP contribution in [0.2, 0.25) is 0 Å². The van der Waals surface area contributed by atoms with E-state index in [1.165, 1.54) is 6.42 Å². The van der Waals surface area contributed by atoms with Gasteiger partial charge in [-0.2, -0.15) is 0 Å². The minimum atomic E-state index is 0.185. The Morgan fingerprint density at radius 2 is 1.78 bits per heavy atom. The van der Waals surface area contributed by atoms with E-state index in [0.29, 0.717) is 12.5 Å². The molecule has 5 nitrogen and oxygen atoms in total. The number of aromatic nitrogens is 1. The van der Waals surface area contributed by atoms with Gasteiger partial charge in [0.1, 0.15) is 0 Å². The van der Waals surface area contributed by atoms with Crippen molar-refractivity contribution in [1.82, 2.24) is 14.4 Å². The molecule has 2 heterocycles. The fourth-order valence-electron chi connectivity index (χ4n) is 3.47. The van der Waals surface area contributed by atoms with E-state index in [1.807, 2.05) is 31.9 Å². The zero-order valence-corrected chi connectivity index (χ0v) is 14.5. The molecule has 0 N–H and O–H groups in total. The summed E-state index contributed by atoms with van der Waals surface area (Å²) < 4.78 is 2.06. The Morgan fingerprint density at radius 1 is 1.13 bits per heavy atom. The van der Waals surface area contributed by atoms with E-state index in [4.69, 9.17) is 0 Å². The van der Waals surface area contributed by atoms with Gasteiger partial charge in [-0.3, -0.25) is 14.5 Å². The molecular weight excluding hydrogens is 290 g/mol. The standard InChI is InChI=1S/C18H27N3O2/c1-13-11-16(14(2)19(13)3)17(22)12-20-7-9-21(10-8-20)18(23)15-5-4-6-15/h11,15H,4-10,12H2,1-3H3. The molecule has 5 heteroatoms. The van der Waals surface area contributed by atoms with Crippen LogP contribution in [0.5, 0.6) is 0 Å². The SMILES string of the molecule is Cc1cc(C(=O)CN2CCN(C(=O)C3CCC3)CC2)c(C)n1C. The van der Waals surface area contributed by atoms with Gasteiger partial charge in [0.2, 0.25) is 5.91 Å². The lowest BCUT2D eigenvalue weighted by Crippen LogP contribution is -2.52. The van der Waals surface area contributed by atoms with Gasteiger partial charge in [-0.05, 0) is 32.8 Å². The first-order chi connectivity index (χ1) is 11.0. The molecule has 0 spiro atoms. The molecule has 1 aromatic heterocycles. The van der Waals surface area contributed by atoms with Crippen molar-refractivity contribution in [3.8, 4) is 0 Å². The molecule has 1 saturated carbocycles. The average molecular weight is 317 g/mol. The summed E-state index contributed by atoms with van der Waals surface area (Å²) in [4.78, 5) is 29.0. The first-order valence-electron chi connectivity index (χ1n) is 8.64. The average Bonchev–Trinajstić information content (AvgIpc) is 2.74. The minimum absolute atomic E-state index is 0.185. The zero-order valence-electron chi connectivity index (χ0n) is 14.5. The molecule has 1 saturated heterocycles. The smallest absolute Gasteiger partial charge is 0.225 e. The number of nitrogens with zero attached hydrogens (tertiary/aromatic N) is 3. The highest BCUT2D eigenvalue weighted by Crippen LogP contribution is 2.28. The van der Waals surface area contributed by atoms with Gasteiger partial charge in [-0.25, -0.2) is 0 Å². The summed E-state index contributed by atoms with van der Waals surface area (Å²) in [5.74, 6) is 0.792. The van der Waals surface area contributed by atoms with Crippen molar-refractivity contribution in [2.24, 2.45) is 13.0 Å². The molecule has 0 atom stereocenters. The maximum atomic E-state index is 12.5. The number of amides is 1. The number of carbonyl (C=O) groups is 2. The Labute approximate surface area is 138 Å². The first kappa shape index (κ1) is 16.2. The molecule has 0 bridgehead atoms. The predicted octanol–water partition coefficient (Wildman–Crippen LogP) is 1.77. The molecule has 1 aliphatic carbocycles. The van der Waals surface area contributed by atoms with Crippen LogP contribution < -0.4 is 0 Å². The van der Waals surface area contributed by atoms with Crippen LogP contribution in [0.15, 0.2) is 6.07 Å². The second-order valence-electron chi connectivity index (χ2n) is 7.00. The van der Waals surface area contributed by atoms with Crippen molar-refractivity contribution in [3.05, 3.63) is 23.0 Å². The van der Waals surface area contributed by atoms with Gasteiger partial charge >= 0.3 is 0 Å². The second-order valence-corrected chi connectivity index (χ2v) is 7.00. The van der Waals surface area contributed by atoms with E-state index in [1.54, 1.807) is 0 Å². The van der Waals surface area contributed by atoms with E-state index < -0.39 is 0 Å². The topological polar surface area (TPSA) is 45.6 Å². The molecule has 2 fully saturated rings. The lowest BCUT2D eigenvalue weighted by atomic mass is 9.84. The van der Waals surface area contributed by atoms with Crippen molar-refractivity contribution >= 4 is 11.7 Å². The summed E-state index contributed by atoms with van der Waals surface area (Å²) >= 11 is 0. The van der Waals surface area contributed by atoms with Crippen molar-refractivity contribution in [3.63, 3.8) is 0 Å². The van der Waals surface area contributed by atoms with E-state index in [9.17, 15) is 9.59 Å². The van der Waals surface area contributed by atoms with Gasteiger partial charge in [0.25, 0.3) is 0 Å². The first-order valence-corrected chi connectivity index (χ1v) is 8.64. The number of ketones is 1. The molecule has 0 unspecified atom stereocenters. The van der Waals surface area contributed by atoms with Crippen LogP contribution in [0, 0.1) is 19.8 Å². The van der Waals surface area contributed by atoms with Crippen LogP contribution in [-0.4, -0.2) is 58.8 Å². The molecule has 1 aliphatic heterocycles. The summed E-state index contributed by atoms with van der Waals surface area (Å²) in [5.41, 5.74) is 2.98. The molecule has 126 valence electrons. The van der Waals surface area contributed by atoms with Crippen LogP contribution in [0.4, 0.5) is 0 Å². The van der Waals surface area contributed by atoms with Crippen molar-refractivity contribution in [2.75, 3.05) is 32.7 Å². The third-order valence-electron chi connectivity index (χ3n) is 5.58. The van der Waals surface area contributed by atoms with Crippen LogP contribution >= 0.6 is 0 Å². The molecule has 1 aromatic rings. The number of Topliss-reactive ketones (excluding diaryl/α,β-unsaturated/α-hetero) is 1. The fraction of sp³-hybridized carbons (Fsp3) is 0.667. The number of carbonyl (C=O) groups excluding carboxylic acids is 2. The van der Waals surface area contributed by atoms with E-state index in [0.717, 1.165) is 56.0 Å². The molecule has 3 rings (SSSR count). The number of hydrogen-bond acceptors (Lipinski definition) is 3. The fourth-order valence-corrected chi connectivity index (χ4v) is 3.47. The molecule has 2 aliphatic rings. The van der Waals surface area contributed by atoms with Gasteiger partial charge in [-0.1, -0.05) is 6.42 Å². The summed E-state index contributed by atoms with van der Waals surface area (Å²) in [5, 5.41) is 0. The molecular formula is C18H27N3O2. The number of hydrogen-bond donors (Lipinski definition) is 0. The molecule has 0 radical (unpaired) electrons. The zero-order chi connectivity index (χ0) is 16.6. The normalized spacial score (nSPS) is 19.7. The van der Waals surface area contributed by atoms with E-state index >= 15 is 0 Å². The lowest BCUT2D eigenvalue weighted by molar-refractivity contribution is -0.139. The van der Waals surface area contributed by atoms with Crippen molar-refractivity contribution < 1.29 is 9.59 Å². The molecule has 23 heavy (non-hydrogen) atoms. The second kappa shape index (κ2) is 6.48. The Balaban J connectivity index is 1.53. The summed E-state index contributed by atoms with van der Waals surface area (Å²) in [6, 6.07) is 1.98. The van der Waals surface area contributed by atoms with Crippen molar-refractivity contribution in [2.45, 2.75) is 33.1 Å². The highest BCUT2D eigenvalue weighted by molar-refractivity contribution is 5.99. The van der Waals surface area contributed by atoms with Gasteiger partial charge in [0, 0.05) is 56.1 Å². The Kier molecular flexibility index (Phi) is 4.57. The van der Waals surface area contributed by atoms with Gasteiger partial charge in [0.15, 0.2) is 5.78 Å². The Morgan fingerprint density at radius 3 is 2.26 bits per heavy atom.